The molecule has 0 aliphatic rings. The van der Waals surface area contributed by atoms with Crippen LogP contribution < -0.4 is 10.1 Å². The summed E-state index contributed by atoms with van der Waals surface area (Å²) in [4.78, 5) is 4.43. The van der Waals surface area contributed by atoms with Gasteiger partial charge in [-0.2, -0.15) is 0 Å². The zero-order chi connectivity index (χ0) is 12.7. The fourth-order valence-electron chi connectivity index (χ4n) is 1.24. The summed E-state index contributed by atoms with van der Waals surface area (Å²) >= 11 is 0. The minimum atomic E-state index is 0.0986. The van der Waals surface area contributed by atoms with Crippen molar-refractivity contribution in [1.29, 1.82) is 0 Å². The summed E-state index contributed by atoms with van der Waals surface area (Å²) in [6.45, 7) is 11.4. The Morgan fingerprint density at radius 1 is 1.41 bits per heavy atom. The standard InChI is InChI=1S/C14H22N2O/c1-5-6-10-17-13-9-7-8-12(16-13)11-15-14(2,3)4/h5,7-9,15H,1,6,10-11H2,2-4H3. The van der Waals surface area contributed by atoms with E-state index in [1.54, 1.807) is 0 Å². The van der Waals surface area contributed by atoms with E-state index in [1.165, 1.54) is 0 Å². The van der Waals surface area contributed by atoms with E-state index in [4.69, 9.17) is 4.74 Å². The van der Waals surface area contributed by atoms with E-state index in [1.807, 2.05) is 24.3 Å². The molecule has 1 heterocycles. The van der Waals surface area contributed by atoms with E-state index in [9.17, 15) is 0 Å². The van der Waals surface area contributed by atoms with Gasteiger partial charge < -0.3 is 10.1 Å². The highest BCUT2D eigenvalue weighted by molar-refractivity contribution is 5.15. The Bertz CT molecular complexity index is 355. The lowest BCUT2D eigenvalue weighted by molar-refractivity contribution is 0.310. The molecule has 0 aliphatic heterocycles. The van der Waals surface area contributed by atoms with Gasteiger partial charge in [-0.1, -0.05) is 12.1 Å². The van der Waals surface area contributed by atoms with Gasteiger partial charge >= 0.3 is 0 Å². The first-order valence-corrected chi connectivity index (χ1v) is 5.96. The third-order valence-corrected chi connectivity index (χ3v) is 2.15. The lowest BCUT2D eigenvalue weighted by Gasteiger charge is -2.20. The minimum Gasteiger partial charge on any atom is -0.477 e. The van der Waals surface area contributed by atoms with Gasteiger partial charge in [0.05, 0.1) is 12.3 Å². The molecule has 0 aromatic carbocycles. The highest BCUT2D eigenvalue weighted by Crippen LogP contribution is 2.09. The average molecular weight is 234 g/mol. The van der Waals surface area contributed by atoms with Crippen LogP contribution in [0.25, 0.3) is 0 Å². The second-order valence-electron chi connectivity index (χ2n) is 5.00. The molecule has 0 saturated heterocycles. The molecule has 0 atom stereocenters. The zero-order valence-electron chi connectivity index (χ0n) is 11.0. The van der Waals surface area contributed by atoms with Gasteiger partial charge in [-0.3, -0.25) is 0 Å². The summed E-state index contributed by atoms with van der Waals surface area (Å²) in [7, 11) is 0. The van der Waals surface area contributed by atoms with Crippen molar-refractivity contribution < 1.29 is 4.74 Å². The van der Waals surface area contributed by atoms with Crippen molar-refractivity contribution in [2.45, 2.75) is 39.3 Å². The van der Waals surface area contributed by atoms with E-state index >= 15 is 0 Å². The molecule has 1 rings (SSSR count). The Morgan fingerprint density at radius 2 is 2.18 bits per heavy atom. The summed E-state index contributed by atoms with van der Waals surface area (Å²) in [6, 6.07) is 5.85. The molecule has 0 aliphatic carbocycles. The first kappa shape index (κ1) is 13.7. The number of rotatable bonds is 6. The molecule has 0 spiro atoms. The highest BCUT2D eigenvalue weighted by Gasteiger charge is 2.09. The monoisotopic (exact) mass is 234 g/mol. The second kappa shape index (κ2) is 6.40. The number of nitrogens with one attached hydrogen (secondary N) is 1. The molecule has 1 aromatic rings. The Kier molecular flexibility index (Phi) is 5.16. The largest absolute Gasteiger partial charge is 0.477 e. The lowest BCUT2D eigenvalue weighted by atomic mass is 10.1. The van der Waals surface area contributed by atoms with Crippen molar-refractivity contribution in [2.75, 3.05) is 6.61 Å². The number of hydrogen-bond acceptors (Lipinski definition) is 3. The first-order chi connectivity index (χ1) is 8.01. The van der Waals surface area contributed by atoms with Crippen molar-refractivity contribution in [1.82, 2.24) is 10.3 Å². The number of nitrogens with zero attached hydrogens (tertiary/aromatic N) is 1. The maximum Gasteiger partial charge on any atom is 0.213 e. The van der Waals surface area contributed by atoms with Crippen LogP contribution >= 0.6 is 0 Å². The predicted octanol–water partition coefficient (Wildman–Crippen LogP) is 2.92. The molecule has 3 heteroatoms. The molecule has 3 nitrogen and oxygen atoms in total. The molecule has 1 aromatic heterocycles. The Morgan fingerprint density at radius 3 is 2.82 bits per heavy atom. The molecule has 0 unspecified atom stereocenters. The highest BCUT2D eigenvalue weighted by atomic mass is 16.5. The van der Waals surface area contributed by atoms with E-state index < -0.39 is 0 Å². The molecule has 17 heavy (non-hydrogen) atoms. The zero-order valence-corrected chi connectivity index (χ0v) is 11.0. The van der Waals surface area contributed by atoms with Crippen LogP contribution in [-0.4, -0.2) is 17.1 Å². The maximum absolute atomic E-state index is 5.51. The third-order valence-electron chi connectivity index (χ3n) is 2.15. The molecular weight excluding hydrogens is 212 g/mol. The smallest absolute Gasteiger partial charge is 0.213 e. The van der Waals surface area contributed by atoms with Crippen LogP contribution in [0.3, 0.4) is 0 Å². The normalized spacial score (nSPS) is 11.2. The van der Waals surface area contributed by atoms with Gasteiger partial charge in [-0.15, -0.1) is 6.58 Å². The van der Waals surface area contributed by atoms with E-state index in [-0.39, 0.29) is 5.54 Å². The van der Waals surface area contributed by atoms with Gasteiger partial charge in [0.1, 0.15) is 0 Å². The van der Waals surface area contributed by atoms with E-state index in [0.717, 1.165) is 18.7 Å². The Labute approximate surface area is 104 Å². The summed E-state index contributed by atoms with van der Waals surface area (Å²) in [5, 5.41) is 3.40. The Balaban J connectivity index is 2.50. The van der Waals surface area contributed by atoms with Crippen LogP contribution in [0.4, 0.5) is 0 Å². The summed E-state index contributed by atoms with van der Waals surface area (Å²) in [5.41, 5.74) is 1.09. The average Bonchev–Trinajstić information content (AvgIpc) is 2.27. The van der Waals surface area contributed by atoms with Crippen molar-refractivity contribution in [3.63, 3.8) is 0 Å². The van der Waals surface area contributed by atoms with Crippen LogP contribution in [0, 0.1) is 0 Å². The van der Waals surface area contributed by atoms with Crippen molar-refractivity contribution >= 4 is 0 Å². The number of ether oxygens (including phenoxy) is 1. The molecule has 0 bridgehead atoms. The predicted molar refractivity (Wildman–Crippen MR) is 71.1 cm³/mol. The number of hydrogen-bond donors (Lipinski definition) is 1. The second-order valence-corrected chi connectivity index (χ2v) is 5.00. The minimum absolute atomic E-state index is 0.0986. The van der Waals surface area contributed by atoms with Crippen molar-refractivity contribution in [3.05, 3.63) is 36.5 Å². The summed E-state index contributed by atoms with van der Waals surface area (Å²) in [5.74, 6) is 0.681. The van der Waals surface area contributed by atoms with Crippen LogP contribution in [-0.2, 0) is 6.54 Å². The van der Waals surface area contributed by atoms with Crippen LogP contribution in [0.15, 0.2) is 30.9 Å². The number of aromatic nitrogens is 1. The Hall–Kier alpha value is -1.35. The lowest BCUT2D eigenvalue weighted by Crippen LogP contribution is -2.35. The van der Waals surface area contributed by atoms with E-state index in [0.29, 0.717) is 12.5 Å². The van der Waals surface area contributed by atoms with Crippen LogP contribution in [0.2, 0.25) is 0 Å². The third kappa shape index (κ3) is 6.07. The maximum atomic E-state index is 5.51. The summed E-state index contributed by atoms with van der Waals surface area (Å²) in [6.07, 6.45) is 2.68. The quantitative estimate of drug-likeness (QED) is 0.607. The summed E-state index contributed by atoms with van der Waals surface area (Å²) < 4.78 is 5.51. The van der Waals surface area contributed by atoms with Crippen LogP contribution in [0.5, 0.6) is 5.88 Å². The molecule has 0 amide bonds. The van der Waals surface area contributed by atoms with Gasteiger partial charge in [-0.05, 0) is 33.3 Å². The molecule has 94 valence electrons. The van der Waals surface area contributed by atoms with Gasteiger partial charge in [0.25, 0.3) is 0 Å². The molecule has 1 N–H and O–H groups in total. The molecule has 0 saturated carbocycles. The molecular formula is C14H22N2O. The molecule has 0 fully saturated rings. The van der Waals surface area contributed by atoms with Gasteiger partial charge in [0, 0.05) is 18.2 Å². The fourth-order valence-corrected chi connectivity index (χ4v) is 1.24. The van der Waals surface area contributed by atoms with E-state index in [2.05, 4.69) is 37.7 Å². The van der Waals surface area contributed by atoms with Crippen molar-refractivity contribution in [3.8, 4) is 5.88 Å². The van der Waals surface area contributed by atoms with Gasteiger partial charge in [0.15, 0.2) is 0 Å². The van der Waals surface area contributed by atoms with Crippen molar-refractivity contribution in [2.24, 2.45) is 0 Å². The molecule has 0 radical (unpaired) electrons. The van der Waals surface area contributed by atoms with Crippen LogP contribution in [0.1, 0.15) is 32.9 Å². The number of pyridine rings is 1. The van der Waals surface area contributed by atoms with Gasteiger partial charge in [-0.25, -0.2) is 4.98 Å². The SMILES string of the molecule is C=CCCOc1cccc(CNC(C)(C)C)n1. The fraction of sp³-hybridized carbons (Fsp3) is 0.500. The first-order valence-electron chi connectivity index (χ1n) is 5.96. The van der Waals surface area contributed by atoms with Gasteiger partial charge in [0.2, 0.25) is 5.88 Å². The topological polar surface area (TPSA) is 34.1 Å².